The van der Waals surface area contributed by atoms with E-state index in [1.165, 1.54) is 0 Å². The third-order valence-corrected chi connectivity index (χ3v) is 3.29. The Balaban J connectivity index is 2.49. The van der Waals surface area contributed by atoms with Crippen LogP contribution >= 0.6 is 0 Å². The van der Waals surface area contributed by atoms with Crippen molar-refractivity contribution in [3.8, 4) is 0 Å². The van der Waals surface area contributed by atoms with E-state index in [1.54, 1.807) is 0 Å². The Hall–Kier alpha value is -0.730. The highest BCUT2D eigenvalue weighted by Crippen LogP contribution is 2.21. The first-order chi connectivity index (χ1) is 5.88. The summed E-state index contributed by atoms with van der Waals surface area (Å²) in [6.45, 7) is 0. The maximum atomic E-state index is 11.6. The van der Waals surface area contributed by atoms with Crippen LogP contribution in [0.2, 0.25) is 0 Å². The minimum atomic E-state index is -0.826. The fourth-order valence-electron chi connectivity index (χ4n) is 1.25. The highest BCUT2D eigenvalue weighted by atomic mass is 32.2. The summed E-state index contributed by atoms with van der Waals surface area (Å²) in [7, 11) is 0. The van der Waals surface area contributed by atoms with Crippen LogP contribution in [0.1, 0.15) is 12.0 Å². The average Bonchev–Trinajstić information content (AvgIpc) is 2.29. The summed E-state index contributed by atoms with van der Waals surface area (Å²) in [5.41, 5.74) is 1.05. The van der Waals surface area contributed by atoms with Crippen molar-refractivity contribution >= 4 is 17.3 Å². The van der Waals surface area contributed by atoms with E-state index in [1.807, 2.05) is 30.3 Å². The minimum absolute atomic E-state index is 0.702. The van der Waals surface area contributed by atoms with E-state index in [9.17, 15) is 4.55 Å². The van der Waals surface area contributed by atoms with Crippen LogP contribution in [0.4, 0.5) is 0 Å². The first-order valence-electron chi connectivity index (χ1n) is 3.92. The van der Waals surface area contributed by atoms with Crippen LogP contribution in [-0.4, -0.2) is 10.3 Å². The molecule has 0 N–H and O–H groups in total. The molecular formula is C10H9OS. The Morgan fingerprint density at radius 3 is 3.08 bits per heavy atom. The van der Waals surface area contributed by atoms with Crippen molar-refractivity contribution in [3.05, 3.63) is 35.9 Å². The van der Waals surface area contributed by atoms with Crippen molar-refractivity contribution in [2.45, 2.75) is 11.3 Å². The van der Waals surface area contributed by atoms with Crippen LogP contribution < -0.4 is 0 Å². The molecule has 2 rings (SSSR count). The molecule has 1 atom stereocenters. The molecule has 0 saturated heterocycles. The van der Waals surface area contributed by atoms with Crippen LogP contribution in [0.3, 0.4) is 0 Å². The zero-order chi connectivity index (χ0) is 8.39. The second-order valence-electron chi connectivity index (χ2n) is 2.69. The highest BCUT2D eigenvalue weighted by molar-refractivity contribution is 7.91. The Labute approximate surface area is 75.3 Å². The van der Waals surface area contributed by atoms with Crippen molar-refractivity contribution in [2.24, 2.45) is 0 Å². The van der Waals surface area contributed by atoms with E-state index in [0.717, 1.165) is 16.9 Å². The van der Waals surface area contributed by atoms with Gasteiger partial charge >= 0.3 is 0 Å². The van der Waals surface area contributed by atoms with Gasteiger partial charge in [0.15, 0.2) is 4.90 Å². The summed E-state index contributed by atoms with van der Waals surface area (Å²) >= 11 is -0.826. The maximum Gasteiger partial charge on any atom is 0.159 e. The van der Waals surface area contributed by atoms with Crippen LogP contribution in [0, 0.1) is 6.08 Å². The molecule has 1 aliphatic heterocycles. The Kier molecular flexibility index (Phi) is 2.19. The molecule has 0 spiro atoms. The van der Waals surface area contributed by atoms with Gasteiger partial charge in [-0.05, 0) is 35.5 Å². The molecule has 0 bridgehead atoms. The van der Waals surface area contributed by atoms with Gasteiger partial charge in [0.1, 0.15) is 5.75 Å². The third kappa shape index (κ3) is 1.40. The lowest BCUT2D eigenvalue weighted by Gasteiger charge is -2.08. The first-order valence-corrected chi connectivity index (χ1v) is 5.24. The van der Waals surface area contributed by atoms with Crippen LogP contribution in [0.5, 0.6) is 0 Å². The summed E-state index contributed by atoms with van der Waals surface area (Å²) in [6, 6.07) is 7.79. The van der Waals surface area contributed by atoms with E-state index in [0.29, 0.717) is 5.75 Å². The number of allylic oxidation sites excluding steroid dienone is 1. The van der Waals surface area contributed by atoms with Crippen molar-refractivity contribution in [3.63, 3.8) is 0 Å². The molecule has 12 heavy (non-hydrogen) atoms. The van der Waals surface area contributed by atoms with Gasteiger partial charge in [0.2, 0.25) is 0 Å². The molecule has 1 unspecified atom stereocenters. The van der Waals surface area contributed by atoms with E-state index in [4.69, 9.17) is 0 Å². The SMILES string of the molecule is [O-][S+]1CC[C]=Cc2ccccc21. The Bertz CT molecular complexity index is 306. The zero-order valence-corrected chi connectivity index (χ0v) is 7.43. The molecule has 1 heterocycles. The van der Waals surface area contributed by atoms with Gasteiger partial charge in [0.25, 0.3) is 0 Å². The Morgan fingerprint density at radius 2 is 2.17 bits per heavy atom. The van der Waals surface area contributed by atoms with Gasteiger partial charge in [0, 0.05) is 12.0 Å². The second-order valence-corrected chi connectivity index (χ2v) is 4.23. The monoisotopic (exact) mass is 177 g/mol. The summed E-state index contributed by atoms with van der Waals surface area (Å²) in [5, 5.41) is 0. The number of hydrogen-bond donors (Lipinski definition) is 0. The summed E-state index contributed by atoms with van der Waals surface area (Å²) in [4.78, 5) is 0.947. The quantitative estimate of drug-likeness (QED) is 0.556. The van der Waals surface area contributed by atoms with Crippen LogP contribution in [-0.2, 0) is 11.2 Å². The van der Waals surface area contributed by atoms with Gasteiger partial charge in [-0.3, -0.25) is 0 Å². The standard InChI is InChI=1S/C10H9OS/c11-12-8-4-3-6-9-5-1-2-7-10(9)12/h1-2,5-7H,4,8H2. The van der Waals surface area contributed by atoms with Gasteiger partial charge in [-0.2, -0.15) is 0 Å². The zero-order valence-electron chi connectivity index (χ0n) is 6.62. The van der Waals surface area contributed by atoms with Crippen LogP contribution in [0.25, 0.3) is 6.08 Å². The molecule has 1 aromatic carbocycles. The highest BCUT2D eigenvalue weighted by Gasteiger charge is 2.15. The van der Waals surface area contributed by atoms with E-state index in [2.05, 4.69) is 6.08 Å². The molecule has 1 aromatic rings. The topological polar surface area (TPSA) is 23.1 Å². The van der Waals surface area contributed by atoms with Gasteiger partial charge in [-0.1, -0.05) is 12.1 Å². The number of benzene rings is 1. The summed E-state index contributed by atoms with van der Waals surface area (Å²) in [6.07, 6.45) is 5.84. The van der Waals surface area contributed by atoms with Gasteiger partial charge < -0.3 is 4.55 Å². The number of fused-ring (bicyclic) bond motifs is 1. The lowest BCUT2D eigenvalue weighted by atomic mass is 10.2. The lowest BCUT2D eigenvalue weighted by molar-refractivity contribution is 0.595. The van der Waals surface area contributed by atoms with E-state index in [-0.39, 0.29) is 0 Å². The van der Waals surface area contributed by atoms with Gasteiger partial charge in [0.05, 0.1) is 0 Å². The molecule has 0 amide bonds. The lowest BCUT2D eigenvalue weighted by Crippen LogP contribution is -2.05. The van der Waals surface area contributed by atoms with Crippen LogP contribution in [0.15, 0.2) is 29.2 Å². The van der Waals surface area contributed by atoms with Crippen molar-refractivity contribution in [1.82, 2.24) is 0 Å². The largest absolute Gasteiger partial charge is 0.611 e. The third-order valence-electron chi connectivity index (χ3n) is 1.85. The Morgan fingerprint density at radius 1 is 1.33 bits per heavy atom. The molecule has 0 aromatic heterocycles. The van der Waals surface area contributed by atoms with Gasteiger partial charge in [-0.25, -0.2) is 0 Å². The molecule has 0 aliphatic carbocycles. The predicted octanol–water partition coefficient (Wildman–Crippen LogP) is 2.01. The smallest absolute Gasteiger partial charge is 0.159 e. The molecule has 0 saturated carbocycles. The predicted molar refractivity (Wildman–Crippen MR) is 50.0 cm³/mol. The molecule has 2 heteroatoms. The first kappa shape index (κ1) is 7.90. The molecule has 0 fully saturated rings. The summed E-state index contributed by atoms with van der Waals surface area (Å²) in [5.74, 6) is 0.702. The van der Waals surface area contributed by atoms with Gasteiger partial charge in [-0.15, -0.1) is 0 Å². The number of hydrogen-bond acceptors (Lipinski definition) is 1. The molecule has 1 nitrogen and oxygen atoms in total. The molecule has 1 aliphatic rings. The van der Waals surface area contributed by atoms with E-state index >= 15 is 0 Å². The minimum Gasteiger partial charge on any atom is -0.611 e. The fraction of sp³-hybridized carbons (Fsp3) is 0.200. The summed E-state index contributed by atoms with van der Waals surface area (Å²) < 4.78 is 11.6. The average molecular weight is 177 g/mol. The second kappa shape index (κ2) is 3.33. The fourth-order valence-corrected chi connectivity index (χ4v) is 2.39. The normalized spacial score (nSPS) is 21.6. The molecule has 61 valence electrons. The molecule has 1 radical (unpaired) electrons. The van der Waals surface area contributed by atoms with Crippen molar-refractivity contribution in [2.75, 3.05) is 5.75 Å². The number of rotatable bonds is 0. The van der Waals surface area contributed by atoms with Crippen molar-refractivity contribution < 1.29 is 4.55 Å². The maximum absolute atomic E-state index is 11.6. The van der Waals surface area contributed by atoms with E-state index < -0.39 is 11.2 Å². The molecular weight excluding hydrogens is 168 g/mol. The van der Waals surface area contributed by atoms with Crippen molar-refractivity contribution in [1.29, 1.82) is 0 Å².